The summed E-state index contributed by atoms with van der Waals surface area (Å²) < 4.78 is 0. The van der Waals surface area contributed by atoms with Gasteiger partial charge in [0.1, 0.15) is 0 Å². The van der Waals surface area contributed by atoms with Crippen LogP contribution >= 0.6 is 0 Å². The minimum absolute atomic E-state index is 0.0898. The second-order valence-corrected chi connectivity index (χ2v) is 5.90. The SMILES string of the molecule is CN(C(=O)C1CC2CC2C1)c1ccc(C(=O)O)cc1N. The number of carboxylic acid groups (broad SMARTS) is 1. The Morgan fingerprint density at radius 3 is 2.45 bits per heavy atom. The lowest BCUT2D eigenvalue weighted by Crippen LogP contribution is -2.32. The predicted octanol–water partition coefficient (Wildman–Crippen LogP) is 1.98. The molecule has 2 aliphatic carbocycles. The van der Waals surface area contributed by atoms with Gasteiger partial charge in [0.05, 0.1) is 16.9 Å². The predicted molar refractivity (Wildman–Crippen MR) is 75.5 cm³/mol. The van der Waals surface area contributed by atoms with Crippen molar-refractivity contribution in [3.05, 3.63) is 23.8 Å². The van der Waals surface area contributed by atoms with E-state index in [9.17, 15) is 9.59 Å². The summed E-state index contributed by atoms with van der Waals surface area (Å²) in [7, 11) is 1.71. The van der Waals surface area contributed by atoms with Crippen molar-refractivity contribution in [1.82, 2.24) is 0 Å². The molecule has 1 aromatic rings. The molecule has 20 heavy (non-hydrogen) atoms. The standard InChI is InChI=1S/C15H18N2O3/c1-17(14(18)11-5-9-4-10(9)6-11)13-3-2-8(15(19)20)7-12(13)16/h2-3,7,9-11H,4-6,16H2,1H3,(H,19,20). The monoisotopic (exact) mass is 274 g/mol. The molecule has 5 nitrogen and oxygen atoms in total. The van der Waals surface area contributed by atoms with E-state index in [-0.39, 0.29) is 17.4 Å². The van der Waals surface area contributed by atoms with Gasteiger partial charge in [-0.1, -0.05) is 0 Å². The van der Waals surface area contributed by atoms with E-state index in [4.69, 9.17) is 10.8 Å². The van der Waals surface area contributed by atoms with Gasteiger partial charge in [-0.2, -0.15) is 0 Å². The summed E-state index contributed by atoms with van der Waals surface area (Å²) in [5, 5.41) is 8.92. The third-order valence-corrected chi connectivity index (χ3v) is 4.56. The molecule has 3 rings (SSSR count). The van der Waals surface area contributed by atoms with Gasteiger partial charge in [0.25, 0.3) is 0 Å². The number of hydrogen-bond donors (Lipinski definition) is 2. The molecular weight excluding hydrogens is 256 g/mol. The number of nitrogens with two attached hydrogens (primary N) is 1. The van der Waals surface area contributed by atoms with E-state index in [0.717, 1.165) is 24.7 Å². The Hall–Kier alpha value is -2.04. The van der Waals surface area contributed by atoms with Crippen LogP contribution in [0.5, 0.6) is 0 Å². The normalized spacial score (nSPS) is 26.9. The van der Waals surface area contributed by atoms with Gasteiger partial charge in [0.15, 0.2) is 0 Å². The van der Waals surface area contributed by atoms with Crippen LogP contribution in [0.25, 0.3) is 0 Å². The molecule has 1 amide bonds. The van der Waals surface area contributed by atoms with E-state index in [1.807, 2.05) is 0 Å². The number of amides is 1. The largest absolute Gasteiger partial charge is 0.478 e. The number of hydrogen-bond acceptors (Lipinski definition) is 3. The molecular formula is C15H18N2O3. The smallest absolute Gasteiger partial charge is 0.335 e. The van der Waals surface area contributed by atoms with Crippen LogP contribution in [0.4, 0.5) is 11.4 Å². The maximum absolute atomic E-state index is 12.4. The average molecular weight is 274 g/mol. The van der Waals surface area contributed by atoms with Gasteiger partial charge in [-0.3, -0.25) is 4.79 Å². The van der Waals surface area contributed by atoms with Crippen LogP contribution in [0, 0.1) is 17.8 Å². The number of aromatic carboxylic acids is 1. The molecule has 3 N–H and O–H groups in total. The number of carbonyl (C=O) groups excluding carboxylic acids is 1. The highest BCUT2D eigenvalue weighted by Gasteiger charge is 2.48. The van der Waals surface area contributed by atoms with Crippen molar-refractivity contribution < 1.29 is 14.7 Å². The number of rotatable bonds is 3. The maximum Gasteiger partial charge on any atom is 0.335 e. The van der Waals surface area contributed by atoms with Crippen molar-refractivity contribution in [3.63, 3.8) is 0 Å². The number of benzene rings is 1. The number of anilines is 2. The molecule has 1 aromatic carbocycles. The fourth-order valence-corrected chi connectivity index (χ4v) is 3.30. The number of carboxylic acids is 1. The minimum Gasteiger partial charge on any atom is -0.478 e. The Kier molecular flexibility index (Phi) is 2.92. The fourth-order valence-electron chi connectivity index (χ4n) is 3.30. The summed E-state index contributed by atoms with van der Waals surface area (Å²) in [6.07, 6.45) is 3.25. The minimum atomic E-state index is -1.02. The van der Waals surface area contributed by atoms with Crippen LogP contribution in [-0.4, -0.2) is 24.0 Å². The second-order valence-electron chi connectivity index (χ2n) is 5.90. The number of nitrogen functional groups attached to an aromatic ring is 1. The zero-order chi connectivity index (χ0) is 14.4. The summed E-state index contributed by atoms with van der Waals surface area (Å²) in [6.45, 7) is 0. The summed E-state index contributed by atoms with van der Waals surface area (Å²) in [5.74, 6) is 0.676. The highest BCUT2D eigenvalue weighted by molar-refractivity contribution is 5.99. The molecule has 2 aliphatic rings. The van der Waals surface area contributed by atoms with Crippen molar-refractivity contribution in [3.8, 4) is 0 Å². The van der Waals surface area contributed by atoms with Crippen molar-refractivity contribution in [2.75, 3.05) is 17.7 Å². The van der Waals surface area contributed by atoms with E-state index in [1.165, 1.54) is 18.6 Å². The van der Waals surface area contributed by atoms with E-state index in [2.05, 4.69) is 0 Å². The lowest BCUT2D eigenvalue weighted by atomic mass is 10.0. The van der Waals surface area contributed by atoms with Crippen molar-refractivity contribution in [2.45, 2.75) is 19.3 Å². The summed E-state index contributed by atoms with van der Waals surface area (Å²) in [4.78, 5) is 24.9. The highest BCUT2D eigenvalue weighted by Crippen LogP contribution is 2.54. The Balaban J connectivity index is 1.77. The van der Waals surface area contributed by atoms with Crippen LogP contribution in [0.2, 0.25) is 0 Å². The first-order valence-electron chi connectivity index (χ1n) is 6.87. The summed E-state index contributed by atoms with van der Waals surface area (Å²) in [6, 6.07) is 4.48. The molecule has 0 saturated heterocycles. The molecule has 2 saturated carbocycles. The Morgan fingerprint density at radius 2 is 1.90 bits per heavy atom. The van der Waals surface area contributed by atoms with Crippen molar-refractivity contribution in [1.29, 1.82) is 0 Å². The van der Waals surface area contributed by atoms with Crippen LogP contribution in [-0.2, 0) is 4.79 Å². The lowest BCUT2D eigenvalue weighted by molar-refractivity contribution is -0.122. The van der Waals surface area contributed by atoms with E-state index >= 15 is 0 Å². The quantitative estimate of drug-likeness (QED) is 0.825. The molecule has 2 unspecified atom stereocenters. The topological polar surface area (TPSA) is 83.6 Å². The van der Waals surface area contributed by atoms with Crippen molar-refractivity contribution >= 4 is 23.3 Å². The number of carbonyl (C=O) groups is 2. The van der Waals surface area contributed by atoms with Crippen LogP contribution in [0.15, 0.2) is 18.2 Å². The molecule has 0 heterocycles. The first-order chi connectivity index (χ1) is 9.47. The van der Waals surface area contributed by atoms with Crippen molar-refractivity contribution in [2.24, 2.45) is 17.8 Å². The van der Waals surface area contributed by atoms with Crippen LogP contribution in [0.3, 0.4) is 0 Å². The third-order valence-electron chi connectivity index (χ3n) is 4.56. The van der Waals surface area contributed by atoms with Gasteiger partial charge < -0.3 is 15.7 Å². The molecule has 0 aromatic heterocycles. The molecule has 5 heteroatoms. The van der Waals surface area contributed by atoms with Crippen LogP contribution in [0.1, 0.15) is 29.6 Å². The average Bonchev–Trinajstić information content (AvgIpc) is 3.03. The molecule has 2 fully saturated rings. The van der Waals surface area contributed by atoms with Gasteiger partial charge in [-0.05, 0) is 49.3 Å². The Bertz CT molecular complexity index is 574. The summed E-state index contributed by atoms with van der Waals surface area (Å²) >= 11 is 0. The maximum atomic E-state index is 12.4. The molecule has 2 atom stereocenters. The fraction of sp³-hybridized carbons (Fsp3) is 0.467. The van der Waals surface area contributed by atoms with Gasteiger partial charge in [-0.25, -0.2) is 4.79 Å². The van der Waals surface area contributed by atoms with Gasteiger partial charge in [-0.15, -0.1) is 0 Å². The second kappa shape index (κ2) is 4.51. The Morgan fingerprint density at radius 1 is 1.25 bits per heavy atom. The van der Waals surface area contributed by atoms with E-state index in [0.29, 0.717) is 11.4 Å². The molecule has 0 aliphatic heterocycles. The zero-order valence-electron chi connectivity index (χ0n) is 11.4. The molecule has 0 bridgehead atoms. The highest BCUT2D eigenvalue weighted by atomic mass is 16.4. The molecule has 0 spiro atoms. The summed E-state index contributed by atoms with van der Waals surface area (Å²) in [5.41, 5.74) is 6.92. The van der Waals surface area contributed by atoms with Gasteiger partial charge in [0, 0.05) is 13.0 Å². The van der Waals surface area contributed by atoms with Crippen LogP contribution < -0.4 is 10.6 Å². The molecule has 106 valence electrons. The lowest BCUT2D eigenvalue weighted by Gasteiger charge is -2.23. The Labute approximate surface area is 117 Å². The number of fused-ring (bicyclic) bond motifs is 1. The van der Waals surface area contributed by atoms with E-state index < -0.39 is 5.97 Å². The van der Waals surface area contributed by atoms with Gasteiger partial charge >= 0.3 is 5.97 Å². The third kappa shape index (κ3) is 2.13. The first kappa shape index (κ1) is 13.0. The van der Waals surface area contributed by atoms with Gasteiger partial charge in [0.2, 0.25) is 5.91 Å². The number of nitrogens with zero attached hydrogens (tertiary/aromatic N) is 1. The molecule has 0 radical (unpaired) electrons. The zero-order valence-corrected chi connectivity index (χ0v) is 11.4. The first-order valence-corrected chi connectivity index (χ1v) is 6.87. The van der Waals surface area contributed by atoms with E-state index in [1.54, 1.807) is 18.0 Å².